The fraction of sp³-hybridized carbons (Fsp3) is 0.0625. The lowest BCUT2D eigenvalue weighted by Crippen LogP contribution is -2.34. The Morgan fingerprint density at radius 1 is 1.18 bits per heavy atom. The molecule has 0 unspecified atom stereocenters. The van der Waals surface area contributed by atoms with Crippen LogP contribution >= 0.6 is 12.2 Å². The molecule has 0 aliphatic carbocycles. The van der Waals surface area contributed by atoms with Crippen LogP contribution in [0.1, 0.15) is 15.9 Å². The fourth-order valence-electron chi connectivity index (χ4n) is 1.76. The summed E-state index contributed by atoms with van der Waals surface area (Å²) in [7, 11) is 1.56. The highest BCUT2D eigenvalue weighted by atomic mass is 32.1. The zero-order valence-electron chi connectivity index (χ0n) is 11.8. The van der Waals surface area contributed by atoms with Crippen LogP contribution in [0.5, 0.6) is 5.75 Å². The van der Waals surface area contributed by atoms with Gasteiger partial charge >= 0.3 is 0 Å². The van der Waals surface area contributed by atoms with Gasteiger partial charge in [0.15, 0.2) is 5.11 Å². The van der Waals surface area contributed by atoms with E-state index in [0.717, 1.165) is 0 Å². The Bertz CT molecular complexity index is 736. The molecule has 6 heteroatoms. The summed E-state index contributed by atoms with van der Waals surface area (Å²) in [6.45, 7) is 0. The van der Waals surface area contributed by atoms with E-state index in [1.807, 2.05) is 6.07 Å². The molecule has 2 rings (SSSR count). The first-order chi connectivity index (χ1) is 10.6. The Balaban J connectivity index is 2.02. The Morgan fingerprint density at radius 2 is 1.86 bits per heavy atom. The minimum absolute atomic E-state index is 0.128. The number of hydrogen-bond acceptors (Lipinski definition) is 4. The van der Waals surface area contributed by atoms with Crippen molar-refractivity contribution in [2.45, 2.75) is 0 Å². The summed E-state index contributed by atoms with van der Waals surface area (Å²) in [4.78, 5) is 12.1. The van der Waals surface area contributed by atoms with Crippen LogP contribution < -0.4 is 15.4 Å². The number of methoxy groups -OCH3 is 1. The molecule has 110 valence electrons. The number of nitrogens with zero attached hydrogens (tertiary/aromatic N) is 1. The lowest BCUT2D eigenvalue weighted by Gasteiger charge is -2.10. The van der Waals surface area contributed by atoms with E-state index in [1.165, 1.54) is 0 Å². The molecule has 2 aromatic carbocycles. The van der Waals surface area contributed by atoms with E-state index in [9.17, 15) is 4.79 Å². The van der Waals surface area contributed by atoms with Crippen molar-refractivity contribution in [3.63, 3.8) is 0 Å². The number of nitriles is 1. The Hall–Kier alpha value is -2.91. The van der Waals surface area contributed by atoms with Gasteiger partial charge in [0.05, 0.1) is 18.4 Å². The zero-order valence-corrected chi connectivity index (χ0v) is 12.6. The van der Waals surface area contributed by atoms with Gasteiger partial charge in [-0.3, -0.25) is 10.1 Å². The van der Waals surface area contributed by atoms with Crippen LogP contribution in [0.3, 0.4) is 0 Å². The number of rotatable bonds is 3. The summed E-state index contributed by atoms with van der Waals surface area (Å²) in [6.07, 6.45) is 0. The molecule has 0 fully saturated rings. The predicted molar refractivity (Wildman–Crippen MR) is 87.8 cm³/mol. The van der Waals surface area contributed by atoms with Crippen LogP contribution in [0.2, 0.25) is 0 Å². The third-order valence-electron chi connectivity index (χ3n) is 2.87. The molecule has 0 bridgehead atoms. The number of carbonyl (C=O) groups is 1. The Kier molecular flexibility index (Phi) is 5.07. The summed E-state index contributed by atoms with van der Waals surface area (Å²) in [5.74, 6) is 0.329. The highest BCUT2D eigenvalue weighted by Gasteiger charge is 2.09. The number of anilines is 1. The highest BCUT2D eigenvalue weighted by Crippen LogP contribution is 2.14. The molecule has 0 atom stereocenters. The van der Waals surface area contributed by atoms with E-state index < -0.39 is 0 Å². The van der Waals surface area contributed by atoms with Gasteiger partial charge in [-0.2, -0.15) is 5.26 Å². The van der Waals surface area contributed by atoms with Crippen molar-refractivity contribution in [1.82, 2.24) is 5.32 Å². The monoisotopic (exact) mass is 311 g/mol. The molecule has 1 amide bonds. The van der Waals surface area contributed by atoms with Gasteiger partial charge in [0, 0.05) is 5.56 Å². The summed E-state index contributed by atoms with van der Waals surface area (Å²) in [5, 5.41) is 14.5. The number of benzene rings is 2. The van der Waals surface area contributed by atoms with Crippen molar-refractivity contribution in [1.29, 1.82) is 5.26 Å². The molecule has 0 saturated carbocycles. The van der Waals surface area contributed by atoms with E-state index >= 15 is 0 Å². The summed E-state index contributed by atoms with van der Waals surface area (Å²) in [6, 6.07) is 15.6. The van der Waals surface area contributed by atoms with E-state index in [4.69, 9.17) is 22.2 Å². The minimum atomic E-state index is -0.338. The number of amides is 1. The number of hydrogen-bond donors (Lipinski definition) is 2. The molecule has 0 radical (unpaired) electrons. The summed E-state index contributed by atoms with van der Waals surface area (Å²) in [5.41, 5.74) is 1.45. The summed E-state index contributed by atoms with van der Waals surface area (Å²) >= 11 is 5.09. The largest absolute Gasteiger partial charge is 0.497 e. The van der Waals surface area contributed by atoms with Crippen LogP contribution in [0.15, 0.2) is 48.5 Å². The number of carbonyl (C=O) groups excluding carboxylic acids is 1. The molecule has 5 nitrogen and oxygen atoms in total. The van der Waals surface area contributed by atoms with E-state index in [2.05, 4.69) is 10.6 Å². The average molecular weight is 311 g/mol. The van der Waals surface area contributed by atoms with Crippen molar-refractivity contribution in [2.24, 2.45) is 0 Å². The lowest BCUT2D eigenvalue weighted by molar-refractivity contribution is 0.0977. The maximum absolute atomic E-state index is 12.1. The molecule has 2 aromatic rings. The van der Waals surface area contributed by atoms with Crippen LogP contribution in [0, 0.1) is 11.3 Å². The van der Waals surface area contributed by atoms with Crippen LogP contribution in [0.25, 0.3) is 0 Å². The number of thiocarbonyl (C=S) groups is 1. The number of nitrogens with one attached hydrogen (secondary N) is 2. The first kappa shape index (κ1) is 15.5. The fourth-order valence-corrected chi connectivity index (χ4v) is 1.96. The number of ether oxygens (including phenoxy) is 1. The maximum atomic E-state index is 12.1. The molecule has 0 aliphatic heterocycles. The quantitative estimate of drug-likeness (QED) is 0.853. The van der Waals surface area contributed by atoms with Gasteiger partial charge in [0.2, 0.25) is 0 Å². The molecular weight excluding hydrogens is 298 g/mol. The van der Waals surface area contributed by atoms with Gasteiger partial charge in [0.1, 0.15) is 11.8 Å². The van der Waals surface area contributed by atoms with Crippen molar-refractivity contribution in [3.05, 3.63) is 59.7 Å². The minimum Gasteiger partial charge on any atom is -0.497 e. The SMILES string of the molecule is COc1ccc(C(=O)NC(=S)Nc2ccccc2C#N)cc1. The molecule has 0 spiro atoms. The third kappa shape index (κ3) is 3.81. The van der Waals surface area contributed by atoms with Gasteiger partial charge < -0.3 is 10.1 Å². The average Bonchev–Trinajstić information content (AvgIpc) is 2.55. The predicted octanol–water partition coefficient (Wildman–Crippen LogP) is 2.69. The second kappa shape index (κ2) is 7.20. The number of para-hydroxylation sites is 1. The normalized spacial score (nSPS) is 9.45. The zero-order chi connectivity index (χ0) is 15.9. The second-order valence-corrected chi connectivity index (χ2v) is 4.70. The highest BCUT2D eigenvalue weighted by molar-refractivity contribution is 7.80. The maximum Gasteiger partial charge on any atom is 0.257 e. The smallest absolute Gasteiger partial charge is 0.257 e. The lowest BCUT2D eigenvalue weighted by atomic mass is 10.2. The molecule has 22 heavy (non-hydrogen) atoms. The van der Waals surface area contributed by atoms with Crippen molar-refractivity contribution < 1.29 is 9.53 Å². The third-order valence-corrected chi connectivity index (χ3v) is 3.08. The van der Waals surface area contributed by atoms with Crippen molar-refractivity contribution in [3.8, 4) is 11.8 Å². The van der Waals surface area contributed by atoms with Gasteiger partial charge in [-0.25, -0.2) is 0 Å². The standard InChI is InChI=1S/C16H13N3O2S/c1-21-13-8-6-11(7-9-13)15(20)19-16(22)18-14-5-3-2-4-12(14)10-17/h2-9H,1H3,(H2,18,19,20,22). The topological polar surface area (TPSA) is 74.2 Å². The Morgan fingerprint density at radius 3 is 2.50 bits per heavy atom. The Labute approximate surface area is 133 Å². The molecule has 0 saturated heterocycles. The van der Waals surface area contributed by atoms with E-state index in [1.54, 1.807) is 55.6 Å². The first-order valence-electron chi connectivity index (χ1n) is 6.39. The second-order valence-electron chi connectivity index (χ2n) is 4.29. The first-order valence-corrected chi connectivity index (χ1v) is 6.80. The van der Waals surface area contributed by atoms with Gasteiger partial charge in [-0.05, 0) is 48.6 Å². The molecular formula is C16H13N3O2S. The van der Waals surface area contributed by atoms with Crippen LogP contribution in [-0.2, 0) is 0 Å². The van der Waals surface area contributed by atoms with Crippen molar-refractivity contribution >= 4 is 28.9 Å². The van der Waals surface area contributed by atoms with E-state index in [0.29, 0.717) is 22.6 Å². The van der Waals surface area contributed by atoms with Crippen molar-refractivity contribution in [2.75, 3.05) is 12.4 Å². The van der Waals surface area contributed by atoms with E-state index in [-0.39, 0.29) is 11.0 Å². The molecule has 0 aliphatic rings. The molecule has 0 heterocycles. The molecule has 0 aromatic heterocycles. The molecule has 2 N–H and O–H groups in total. The van der Waals surface area contributed by atoms with Gasteiger partial charge in [-0.15, -0.1) is 0 Å². The van der Waals surface area contributed by atoms with Crippen LogP contribution in [-0.4, -0.2) is 18.1 Å². The summed E-state index contributed by atoms with van der Waals surface area (Å²) < 4.78 is 5.03. The van der Waals surface area contributed by atoms with Gasteiger partial charge in [-0.1, -0.05) is 12.1 Å². The van der Waals surface area contributed by atoms with Gasteiger partial charge in [0.25, 0.3) is 5.91 Å². The van der Waals surface area contributed by atoms with Crippen LogP contribution in [0.4, 0.5) is 5.69 Å².